The Morgan fingerprint density at radius 3 is 2.52 bits per heavy atom. The molecule has 144 valence electrons. The van der Waals surface area contributed by atoms with Crippen LogP contribution in [-0.4, -0.2) is 23.8 Å². The molecule has 1 amide bonds. The molecule has 27 heavy (non-hydrogen) atoms. The molecule has 0 aliphatic heterocycles. The van der Waals surface area contributed by atoms with E-state index in [0.717, 1.165) is 9.75 Å². The number of ether oxygens (including phenoxy) is 1. The van der Waals surface area contributed by atoms with Crippen LogP contribution >= 0.6 is 34.5 Å². The Kier molecular flexibility index (Phi) is 7.41. The van der Waals surface area contributed by atoms with Crippen molar-refractivity contribution in [3.05, 3.63) is 49.6 Å². The van der Waals surface area contributed by atoms with Gasteiger partial charge in [0.1, 0.15) is 0 Å². The Balaban J connectivity index is 1.85. The lowest BCUT2D eigenvalue weighted by Gasteiger charge is -2.14. The number of nitrogens with one attached hydrogen (secondary N) is 1. The Bertz CT molecular complexity index is 879. The summed E-state index contributed by atoms with van der Waals surface area (Å²) in [6.45, 7) is 5.24. The van der Waals surface area contributed by atoms with Crippen molar-refractivity contribution in [2.45, 2.75) is 39.7 Å². The highest BCUT2D eigenvalue weighted by molar-refractivity contribution is 7.12. The second-order valence-electron chi connectivity index (χ2n) is 5.97. The summed E-state index contributed by atoms with van der Waals surface area (Å²) in [7, 11) is 0. The standard InChI is InChI=1S/C19H19Cl2NO4S/c1-10-9-13(12(3)27-10)16(23)7-8-17(24)26-11(2)19(25)22-15-6-4-5-14(20)18(15)21/h4-6,9,11H,7-8H2,1-3H3,(H,22,25)/t11-/m1/s1. The summed E-state index contributed by atoms with van der Waals surface area (Å²) in [5.74, 6) is -1.27. The van der Waals surface area contributed by atoms with E-state index in [1.807, 2.05) is 19.9 Å². The molecular weight excluding hydrogens is 409 g/mol. The smallest absolute Gasteiger partial charge is 0.307 e. The summed E-state index contributed by atoms with van der Waals surface area (Å²) in [5.41, 5.74) is 0.960. The number of esters is 1. The number of benzene rings is 1. The van der Waals surface area contributed by atoms with Crippen LogP contribution in [0.15, 0.2) is 24.3 Å². The molecule has 1 aromatic carbocycles. The first kappa shape index (κ1) is 21.4. The third-order valence-electron chi connectivity index (χ3n) is 3.78. The van der Waals surface area contributed by atoms with E-state index in [9.17, 15) is 14.4 Å². The fourth-order valence-electron chi connectivity index (χ4n) is 2.40. The van der Waals surface area contributed by atoms with E-state index in [0.29, 0.717) is 16.3 Å². The largest absolute Gasteiger partial charge is 0.453 e. The highest BCUT2D eigenvalue weighted by atomic mass is 35.5. The van der Waals surface area contributed by atoms with E-state index in [1.165, 1.54) is 18.3 Å². The normalized spacial score (nSPS) is 11.7. The molecule has 2 aromatic rings. The molecule has 0 fully saturated rings. The number of carbonyl (C=O) groups is 3. The van der Waals surface area contributed by atoms with Crippen LogP contribution in [-0.2, 0) is 14.3 Å². The van der Waals surface area contributed by atoms with Gasteiger partial charge in [0.2, 0.25) is 0 Å². The van der Waals surface area contributed by atoms with E-state index in [1.54, 1.807) is 18.2 Å². The van der Waals surface area contributed by atoms with Gasteiger partial charge in [-0.3, -0.25) is 14.4 Å². The summed E-state index contributed by atoms with van der Waals surface area (Å²) in [5, 5.41) is 3.07. The minimum absolute atomic E-state index is 0.0321. The lowest BCUT2D eigenvalue weighted by atomic mass is 10.1. The Labute approximate surface area is 171 Å². The van der Waals surface area contributed by atoms with Crippen LogP contribution < -0.4 is 5.32 Å². The van der Waals surface area contributed by atoms with Crippen molar-refractivity contribution in [2.75, 3.05) is 5.32 Å². The number of hydrogen-bond donors (Lipinski definition) is 1. The average molecular weight is 428 g/mol. The molecule has 1 heterocycles. The first-order chi connectivity index (χ1) is 12.7. The van der Waals surface area contributed by atoms with Crippen LogP contribution in [0.5, 0.6) is 0 Å². The molecule has 0 bridgehead atoms. The molecule has 0 saturated heterocycles. The van der Waals surface area contributed by atoms with Crippen LogP contribution in [0, 0.1) is 13.8 Å². The van der Waals surface area contributed by atoms with Gasteiger partial charge in [0.05, 0.1) is 22.2 Å². The lowest BCUT2D eigenvalue weighted by molar-refractivity contribution is -0.153. The molecule has 0 aliphatic carbocycles. The molecule has 5 nitrogen and oxygen atoms in total. The second kappa shape index (κ2) is 9.35. The molecule has 2 rings (SSSR count). The van der Waals surface area contributed by atoms with Gasteiger partial charge in [-0.25, -0.2) is 0 Å². The van der Waals surface area contributed by atoms with Crippen LogP contribution in [0.3, 0.4) is 0 Å². The number of hydrogen-bond acceptors (Lipinski definition) is 5. The van der Waals surface area contributed by atoms with Gasteiger partial charge in [-0.1, -0.05) is 29.3 Å². The predicted octanol–water partition coefficient (Wildman–Crippen LogP) is 5.21. The van der Waals surface area contributed by atoms with E-state index < -0.39 is 18.0 Å². The topological polar surface area (TPSA) is 72.5 Å². The average Bonchev–Trinajstić information content (AvgIpc) is 2.95. The summed E-state index contributed by atoms with van der Waals surface area (Å²) >= 11 is 13.4. The minimum Gasteiger partial charge on any atom is -0.453 e. The highest BCUT2D eigenvalue weighted by Gasteiger charge is 2.20. The maximum atomic E-state index is 12.2. The maximum absolute atomic E-state index is 12.2. The summed E-state index contributed by atoms with van der Waals surface area (Å²) < 4.78 is 5.10. The van der Waals surface area contributed by atoms with E-state index in [4.69, 9.17) is 27.9 Å². The first-order valence-electron chi connectivity index (χ1n) is 8.23. The van der Waals surface area contributed by atoms with Crippen molar-refractivity contribution in [1.29, 1.82) is 0 Å². The van der Waals surface area contributed by atoms with E-state index >= 15 is 0 Å². The highest BCUT2D eigenvalue weighted by Crippen LogP contribution is 2.29. The fourth-order valence-corrected chi connectivity index (χ4v) is 3.69. The first-order valence-corrected chi connectivity index (χ1v) is 9.81. The van der Waals surface area contributed by atoms with Gasteiger partial charge in [-0.2, -0.15) is 0 Å². The third-order valence-corrected chi connectivity index (χ3v) is 5.57. The van der Waals surface area contributed by atoms with Crippen molar-refractivity contribution in [1.82, 2.24) is 0 Å². The van der Waals surface area contributed by atoms with Crippen LogP contribution in [0.4, 0.5) is 5.69 Å². The number of ketones is 1. The number of carbonyl (C=O) groups excluding carboxylic acids is 3. The second-order valence-corrected chi connectivity index (χ2v) is 8.22. The molecule has 1 N–H and O–H groups in total. The maximum Gasteiger partial charge on any atom is 0.307 e. The zero-order valence-corrected chi connectivity index (χ0v) is 17.4. The van der Waals surface area contributed by atoms with Crippen molar-refractivity contribution in [2.24, 2.45) is 0 Å². The van der Waals surface area contributed by atoms with Crippen LogP contribution in [0.2, 0.25) is 10.0 Å². The Hall–Kier alpha value is -1.89. The van der Waals surface area contributed by atoms with Gasteiger partial charge < -0.3 is 10.1 Å². The zero-order chi connectivity index (χ0) is 20.1. The summed E-state index contributed by atoms with van der Waals surface area (Å²) in [6.07, 6.45) is -1.10. The SMILES string of the molecule is Cc1cc(C(=O)CCC(=O)O[C@H](C)C(=O)Nc2cccc(Cl)c2Cl)c(C)s1. The molecule has 0 spiro atoms. The quantitative estimate of drug-likeness (QED) is 0.486. The van der Waals surface area contributed by atoms with Gasteiger partial charge in [-0.15, -0.1) is 11.3 Å². The molecule has 0 radical (unpaired) electrons. The van der Waals surface area contributed by atoms with Crippen molar-refractivity contribution in [3.8, 4) is 0 Å². The molecule has 1 atom stereocenters. The summed E-state index contributed by atoms with van der Waals surface area (Å²) in [4.78, 5) is 38.3. The number of halogens is 2. The number of anilines is 1. The van der Waals surface area contributed by atoms with Gasteiger partial charge in [0, 0.05) is 21.7 Å². The lowest BCUT2D eigenvalue weighted by Crippen LogP contribution is -2.30. The number of amides is 1. The van der Waals surface area contributed by atoms with Gasteiger partial charge in [0.25, 0.3) is 5.91 Å². The fraction of sp³-hybridized carbons (Fsp3) is 0.316. The third kappa shape index (κ3) is 5.79. The van der Waals surface area contributed by atoms with Crippen molar-refractivity contribution >= 4 is 57.9 Å². The number of rotatable bonds is 7. The molecule has 0 aliphatic rings. The van der Waals surface area contributed by atoms with E-state index in [-0.39, 0.29) is 23.6 Å². The molecule has 0 saturated carbocycles. The van der Waals surface area contributed by atoms with Gasteiger partial charge in [0.15, 0.2) is 11.9 Å². The number of Topliss-reactive ketones (excluding diaryl/α,β-unsaturated/α-hetero) is 1. The Morgan fingerprint density at radius 2 is 1.89 bits per heavy atom. The number of thiophene rings is 1. The molecule has 1 aromatic heterocycles. The Morgan fingerprint density at radius 1 is 1.19 bits per heavy atom. The monoisotopic (exact) mass is 427 g/mol. The van der Waals surface area contributed by atoms with Crippen molar-refractivity contribution in [3.63, 3.8) is 0 Å². The van der Waals surface area contributed by atoms with Crippen molar-refractivity contribution < 1.29 is 19.1 Å². The molecular formula is C19H19Cl2NO4S. The summed E-state index contributed by atoms with van der Waals surface area (Å²) in [6, 6.07) is 6.64. The predicted molar refractivity (Wildman–Crippen MR) is 108 cm³/mol. The molecule has 8 heteroatoms. The van der Waals surface area contributed by atoms with Gasteiger partial charge in [-0.05, 0) is 39.0 Å². The van der Waals surface area contributed by atoms with Gasteiger partial charge >= 0.3 is 5.97 Å². The van der Waals surface area contributed by atoms with E-state index in [2.05, 4.69) is 5.32 Å². The van der Waals surface area contributed by atoms with Crippen LogP contribution in [0.25, 0.3) is 0 Å². The number of aryl methyl sites for hydroxylation is 2. The zero-order valence-electron chi connectivity index (χ0n) is 15.1. The van der Waals surface area contributed by atoms with Crippen LogP contribution in [0.1, 0.15) is 39.9 Å². The molecule has 0 unspecified atom stereocenters. The minimum atomic E-state index is -1.03.